The van der Waals surface area contributed by atoms with Crippen molar-refractivity contribution >= 4 is 45.9 Å². The molecule has 6 nitrogen and oxygen atoms in total. The summed E-state index contributed by atoms with van der Waals surface area (Å²) >= 11 is 1.34. The molecule has 3 aromatic rings. The summed E-state index contributed by atoms with van der Waals surface area (Å²) in [7, 11) is 0. The number of rotatable bonds is 5. The maximum absolute atomic E-state index is 12.1. The molecule has 0 atom stereocenters. The van der Waals surface area contributed by atoms with Crippen molar-refractivity contribution in [2.75, 3.05) is 10.2 Å². The second-order valence-corrected chi connectivity index (χ2v) is 6.62. The zero-order valence-corrected chi connectivity index (χ0v) is 15.7. The molecule has 0 unspecified atom stereocenters. The molecule has 2 amide bonds. The van der Waals surface area contributed by atoms with Crippen molar-refractivity contribution in [3.63, 3.8) is 0 Å². The standard InChI is InChI=1S/C20H18N4O2S/c1-14-8-10-18(21-12-14)23-19(26)11-9-16-13-27-20(22-16)24(15(2)25)17-6-4-3-5-7-17/h3-13H,1-2H3,(H,21,23,26)/b11-9+. The van der Waals surface area contributed by atoms with E-state index in [0.29, 0.717) is 16.6 Å². The van der Waals surface area contributed by atoms with Crippen molar-refractivity contribution in [1.82, 2.24) is 9.97 Å². The van der Waals surface area contributed by atoms with E-state index in [1.165, 1.54) is 29.2 Å². The van der Waals surface area contributed by atoms with E-state index < -0.39 is 0 Å². The number of amides is 2. The molecule has 136 valence electrons. The van der Waals surface area contributed by atoms with Crippen LogP contribution < -0.4 is 10.2 Å². The summed E-state index contributed by atoms with van der Waals surface area (Å²) in [5.41, 5.74) is 2.37. The molecule has 27 heavy (non-hydrogen) atoms. The van der Waals surface area contributed by atoms with E-state index in [1.54, 1.807) is 23.7 Å². The van der Waals surface area contributed by atoms with Gasteiger partial charge in [-0.25, -0.2) is 9.97 Å². The Morgan fingerprint density at radius 1 is 1.15 bits per heavy atom. The third-order valence-corrected chi connectivity index (χ3v) is 4.44. The van der Waals surface area contributed by atoms with Gasteiger partial charge in [-0.1, -0.05) is 24.3 Å². The lowest BCUT2D eigenvalue weighted by molar-refractivity contribution is -0.116. The van der Waals surface area contributed by atoms with Gasteiger partial charge in [0.15, 0.2) is 5.13 Å². The van der Waals surface area contributed by atoms with Gasteiger partial charge in [0.2, 0.25) is 11.8 Å². The van der Waals surface area contributed by atoms with Gasteiger partial charge in [-0.15, -0.1) is 11.3 Å². The fourth-order valence-corrected chi connectivity index (χ4v) is 3.19. The first-order chi connectivity index (χ1) is 13.0. The van der Waals surface area contributed by atoms with Crippen LogP contribution >= 0.6 is 11.3 Å². The number of benzene rings is 1. The molecular weight excluding hydrogens is 360 g/mol. The van der Waals surface area contributed by atoms with Gasteiger partial charge in [-0.05, 0) is 36.8 Å². The van der Waals surface area contributed by atoms with Crippen LogP contribution in [0.15, 0.2) is 60.1 Å². The molecule has 0 spiro atoms. The minimum absolute atomic E-state index is 0.130. The molecule has 0 radical (unpaired) electrons. The number of hydrogen-bond donors (Lipinski definition) is 1. The Morgan fingerprint density at radius 3 is 2.59 bits per heavy atom. The fraction of sp³-hybridized carbons (Fsp3) is 0.100. The first kappa shape index (κ1) is 18.5. The topological polar surface area (TPSA) is 75.2 Å². The van der Waals surface area contributed by atoms with Crippen molar-refractivity contribution in [2.45, 2.75) is 13.8 Å². The van der Waals surface area contributed by atoms with Gasteiger partial charge in [-0.2, -0.15) is 0 Å². The first-order valence-electron chi connectivity index (χ1n) is 8.26. The molecule has 1 aromatic carbocycles. The molecule has 0 fully saturated rings. The maximum Gasteiger partial charge on any atom is 0.249 e. The van der Waals surface area contributed by atoms with E-state index in [4.69, 9.17) is 0 Å². The van der Waals surface area contributed by atoms with E-state index in [1.807, 2.05) is 43.3 Å². The largest absolute Gasteiger partial charge is 0.307 e. The van der Waals surface area contributed by atoms with Crippen molar-refractivity contribution < 1.29 is 9.59 Å². The number of anilines is 3. The molecule has 0 saturated heterocycles. The quantitative estimate of drug-likeness (QED) is 0.676. The highest BCUT2D eigenvalue weighted by atomic mass is 32.1. The maximum atomic E-state index is 12.1. The Morgan fingerprint density at radius 2 is 1.93 bits per heavy atom. The van der Waals surface area contributed by atoms with Crippen LogP contribution in [-0.2, 0) is 9.59 Å². The number of hydrogen-bond acceptors (Lipinski definition) is 5. The molecule has 1 N–H and O–H groups in total. The summed E-state index contributed by atoms with van der Waals surface area (Å²) in [6, 6.07) is 12.9. The minimum atomic E-state index is -0.299. The van der Waals surface area contributed by atoms with Gasteiger partial charge in [0, 0.05) is 24.6 Å². The second kappa shape index (κ2) is 8.37. The SMILES string of the molecule is CC(=O)N(c1ccccc1)c1nc(/C=C/C(=O)Nc2ccc(C)cn2)cs1. The lowest BCUT2D eigenvalue weighted by Gasteiger charge is -2.17. The highest BCUT2D eigenvalue weighted by Crippen LogP contribution is 2.28. The molecule has 2 heterocycles. The Balaban J connectivity index is 1.71. The highest BCUT2D eigenvalue weighted by molar-refractivity contribution is 7.14. The van der Waals surface area contributed by atoms with Crippen LogP contribution in [0.5, 0.6) is 0 Å². The summed E-state index contributed by atoms with van der Waals surface area (Å²) < 4.78 is 0. The van der Waals surface area contributed by atoms with E-state index >= 15 is 0 Å². The summed E-state index contributed by atoms with van der Waals surface area (Å²) in [5, 5.41) is 5.03. The molecule has 0 saturated carbocycles. The van der Waals surface area contributed by atoms with Gasteiger partial charge in [0.1, 0.15) is 5.82 Å². The third kappa shape index (κ3) is 4.86. The Hall–Kier alpha value is -3.32. The average molecular weight is 378 g/mol. The minimum Gasteiger partial charge on any atom is -0.307 e. The molecule has 0 aliphatic carbocycles. The van der Waals surface area contributed by atoms with Gasteiger partial charge < -0.3 is 5.32 Å². The van der Waals surface area contributed by atoms with Gasteiger partial charge in [0.25, 0.3) is 0 Å². The summed E-state index contributed by atoms with van der Waals surface area (Å²) in [6.07, 6.45) is 4.68. The van der Waals surface area contributed by atoms with Crippen LogP contribution in [0.3, 0.4) is 0 Å². The third-order valence-electron chi connectivity index (χ3n) is 3.60. The number of nitrogens with one attached hydrogen (secondary N) is 1. The fourth-order valence-electron chi connectivity index (χ4n) is 2.33. The molecule has 3 rings (SSSR count). The summed E-state index contributed by atoms with van der Waals surface area (Å²) in [6.45, 7) is 3.42. The molecule has 0 aliphatic heterocycles. The zero-order valence-electron chi connectivity index (χ0n) is 14.9. The van der Waals surface area contributed by atoms with Crippen molar-refractivity contribution in [1.29, 1.82) is 0 Å². The monoisotopic (exact) mass is 378 g/mol. The van der Waals surface area contributed by atoms with Gasteiger partial charge in [-0.3, -0.25) is 14.5 Å². The van der Waals surface area contributed by atoms with Crippen molar-refractivity contribution in [2.24, 2.45) is 0 Å². The molecule has 2 aromatic heterocycles. The molecule has 0 bridgehead atoms. The van der Waals surface area contributed by atoms with Crippen LogP contribution in [0.2, 0.25) is 0 Å². The number of carbonyl (C=O) groups excluding carboxylic acids is 2. The van der Waals surface area contributed by atoms with E-state index in [-0.39, 0.29) is 11.8 Å². The summed E-state index contributed by atoms with van der Waals surface area (Å²) in [5.74, 6) is 0.0581. The number of nitrogens with zero attached hydrogens (tertiary/aromatic N) is 3. The lowest BCUT2D eigenvalue weighted by atomic mass is 10.3. The number of para-hydroxylation sites is 1. The van der Waals surface area contributed by atoms with Gasteiger partial charge >= 0.3 is 0 Å². The van der Waals surface area contributed by atoms with Crippen LogP contribution in [0.4, 0.5) is 16.6 Å². The average Bonchev–Trinajstić information content (AvgIpc) is 3.11. The number of aromatic nitrogens is 2. The number of thiazole rings is 1. The number of pyridine rings is 1. The zero-order chi connectivity index (χ0) is 19.2. The number of carbonyl (C=O) groups is 2. The van der Waals surface area contributed by atoms with Crippen molar-refractivity contribution in [3.05, 3.63) is 71.4 Å². The van der Waals surface area contributed by atoms with Crippen LogP contribution in [0, 0.1) is 6.92 Å². The van der Waals surface area contributed by atoms with Gasteiger partial charge in [0.05, 0.1) is 11.4 Å². The molecular formula is C20H18N4O2S. The first-order valence-corrected chi connectivity index (χ1v) is 9.14. The van der Waals surface area contributed by atoms with Crippen LogP contribution in [0.1, 0.15) is 18.2 Å². The molecule has 7 heteroatoms. The van der Waals surface area contributed by atoms with Crippen LogP contribution in [-0.4, -0.2) is 21.8 Å². The van der Waals surface area contributed by atoms with E-state index in [2.05, 4.69) is 15.3 Å². The predicted molar refractivity (Wildman–Crippen MR) is 108 cm³/mol. The summed E-state index contributed by atoms with van der Waals surface area (Å²) in [4.78, 5) is 34.2. The normalized spacial score (nSPS) is 10.7. The Bertz CT molecular complexity index is 965. The van der Waals surface area contributed by atoms with Crippen molar-refractivity contribution in [3.8, 4) is 0 Å². The number of aryl methyl sites for hydroxylation is 1. The lowest BCUT2D eigenvalue weighted by Crippen LogP contribution is -2.22. The van der Waals surface area contributed by atoms with Crippen LogP contribution in [0.25, 0.3) is 6.08 Å². The van der Waals surface area contributed by atoms with E-state index in [9.17, 15) is 9.59 Å². The second-order valence-electron chi connectivity index (χ2n) is 5.79. The Kier molecular flexibility index (Phi) is 5.73. The predicted octanol–water partition coefficient (Wildman–Crippen LogP) is 4.18. The van der Waals surface area contributed by atoms with E-state index in [0.717, 1.165) is 11.3 Å². The smallest absolute Gasteiger partial charge is 0.249 e. The highest BCUT2D eigenvalue weighted by Gasteiger charge is 2.17. The Labute approximate surface area is 161 Å². The molecule has 0 aliphatic rings.